The van der Waals surface area contributed by atoms with Gasteiger partial charge in [0.1, 0.15) is 5.75 Å². The highest BCUT2D eigenvalue weighted by molar-refractivity contribution is 6.04. The van der Waals surface area contributed by atoms with Crippen molar-refractivity contribution in [2.24, 2.45) is 0 Å². The van der Waals surface area contributed by atoms with Gasteiger partial charge in [0.25, 0.3) is 0 Å². The molecule has 0 saturated carbocycles. The summed E-state index contributed by atoms with van der Waals surface area (Å²) in [6.07, 6.45) is 11.5. The van der Waals surface area contributed by atoms with Crippen LogP contribution in [-0.4, -0.2) is 76.3 Å². The van der Waals surface area contributed by atoms with E-state index >= 15 is 0 Å². The average molecular weight is 673 g/mol. The van der Waals surface area contributed by atoms with E-state index in [-0.39, 0.29) is 17.7 Å². The highest BCUT2D eigenvalue weighted by Crippen LogP contribution is 2.42. The van der Waals surface area contributed by atoms with Crippen LogP contribution in [0.15, 0.2) is 79.9 Å². The van der Waals surface area contributed by atoms with E-state index in [0.717, 1.165) is 66.1 Å². The third-order valence-electron chi connectivity index (χ3n) is 9.69. The lowest BCUT2D eigenvalue weighted by Crippen LogP contribution is -2.29. The van der Waals surface area contributed by atoms with Crippen molar-refractivity contribution in [3.8, 4) is 28.1 Å². The van der Waals surface area contributed by atoms with Gasteiger partial charge in [0.2, 0.25) is 5.95 Å². The van der Waals surface area contributed by atoms with E-state index in [1.807, 2.05) is 43.2 Å². The van der Waals surface area contributed by atoms with Crippen LogP contribution >= 0.6 is 0 Å². The highest BCUT2D eigenvalue weighted by Gasteiger charge is 2.25. The van der Waals surface area contributed by atoms with E-state index in [4.69, 9.17) is 14.7 Å². The number of hydrogen-bond acceptors (Lipinski definition) is 8. The molecule has 1 unspecified atom stereocenters. The molecule has 0 fully saturated rings. The molecule has 3 aromatic heterocycles. The Morgan fingerprint density at radius 1 is 1.10 bits per heavy atom. The number of nitrogens with one attached hydrogen (secondary N) is 1. The minimum atomic E-state index is -0.282. The fourth-order valence-corrected chi connectivity index (χ4v) is 6.72. The van der Waals surface area contributed by atoms with Gasteiger partial charge < -0.3 is 24.4 Å². The predicted molar refractivity (Wildman–Crippen MR) is 204 cm³/mol. The lowest BCUT2D eigenvalue weighted by molar-refractivity contribution is -0.111. The molecule has 10 heteroatoms. The molecule has 6 rings (SSSR count). The fraction of sp³-hybridized carbons (Fsp3) is 0.350. The molecular weight excluding hydrogens is 624 g/mol. The third-order valence-corrected chi connectivity index (χ3v) is 9.69. The van der Waals surface area contributed by atoms with Gasteiger partial charge in [0, 0.05) is 91.1 Å². The van der Waals surface area contributed by atoms with Crippen molar-refractivity contribution < 1.29 is 9.53 Å². The smallest absolute Gasteiger partial charge is 0.227 e. The van der Waals surface area contributed by atoms with Gasteiger partial charge in [0.05, 0.1) is 30.2 Å². The zero-order valence-electron chi connectivity index (χ0n) is 30.3. The van der Waals surface area contributed by atoms with E-state index < -0.39 is 0 Å². The average Bonchev–Trinajstić information content (AvgIpc) is 3.76. The Kier molecular flexibility index (Phi) is 9.93. The van der Waals surface area contributed by atoms with Gasteiger partial charge in [-0.05, 0) is 69.6 Å². The van der Waals surface area contributed by atoms with Crippen LogP contribution in [0, 0.1) is 0 Å². The first kappa shape index (κ1) is 34.6. The molecular formula is C40H48N8O2. The standard InChI is InChI=1S/C40H48N8O2/c1-10-36(49)27(5)26(4)31-19-34(37(50-9)20-35(31)46(8)18-17-45(6)7)43-40-41-22-32(29-21-42-48(23-29)25(2)3)38(44-40)33-24-47-16-12-14-28-13-11-15-30(33)39(28)47/h10-11,13,15,19-26H,1,5,12,14,16-18H2,2-4,6-9H3,(H,41,43,44). The van der Waals surface area contributed by atoms with Gasteiger partial charge in [-0.1, -0.05) is 38.3 Å². The zero-order valence-corrected chi connectivity index (χ0v) is 30.3. The number of methoxy groups -OCH3 is 1. The predicted octanol–water partition coefficient (Wildman–Crippen LogP) is 7.65. The number of likely N-dealkylation sites (N-methyl/N-ethyl adjacent to an activating group) is 2. The maximum Gasteiger partial charge on any atom is 0.227 e. The number of carbonyl (C=O) groups is 1. The molecule has 0 aliphatic carbocycles. The molecule has 0 amide bonds. The Morgan fingerprint density at radius 2 is 1.90 bits per heavy atom. The molecule has 0 saturated heterocycles. The molecule has 1 aliphatic rings. The number of allylic oxidation sites excluding steroid dienone is 2. The molecule has 10 nitrogen and oxygen atoms in total. The molecule has 260 valence electrons. The molecule has 0 radical (unpaired) electrons. The first-order valence-corrected chi connectivity index (χ1v) is 17.2. The van der Waals surface area contributed by atoms with Crippen LogP contribution in [0.5, 0.6) is 5.75 Å². The summed E-state index contributed by atoms with van der Waals surface area (Å²) in [6.45, 7) is 16.7. The topological polar surface area (TPSA) is 93.3 Å². The number of para-hydroxylation sites is 1. The van der Waals surface area contributed by atoms with Crippen LogP contribution in [0.1, 0.15) is 50.3 Å². The Bertz CT molecular complexity index is 2070. The minimum absolute atomic E-state index is 0.180. The summed E-state index contributed by atoms with van der Waals surface area (Å²) in [5.74, 6) is 0.599. The molecule has 5 aromatic rings. The summed E-state index contributed by atoms with van der Waals surface area (Å²) >= 11 is 0. The van der Waals surface area contributed by atoms with Gasteiger partial charge in [0.15, 0.2) is 5.78 Å². The lowest BCUT2D eigenvalue weighted by atomic mass is 9.89. The Hall–Kier alpha value is -5.22. The molecule has 2 aromatic carbocycles. The van der Waals surface area contributed by atoms with E-state index in [9.17, 15) is 4.79 Å². The van der Waals surface area contributed by atoms with Gasteiger partial charge in [-0.25, -0.2) is 9.97 Å². The SMILES string of the molecule is C=CC(=O)C(=C)C(C)c1cc(Nc2ncc(-c3cnn(C(C)C)c3)c(-c3cn4c5c(cccc35)CCC4)n2)c(OC)cc1N(C)CCN(C)C. The molecule has 4 heterocycles. The fourth-order valence-electron chi connectivity index (χ4n) is 6.72. The Balaban J connectivity index is 1.48. The summed E-state index contributed by atoms with van der Waals surface area (Å²) in [5.41, 5.74) is 9.42. The number of ketones is 1. The monoisotopic (exact) mass is 672 g/mol. The number of rotatable bonds is 14. The lowest BCUT2D eigenvalue weighted by Gasteiger charge is -2.28. The van der Waals surface area contributed by atoms with Crippen molar-refractivity contribution in [1.29, 1.82) is 0 Å². The van der Waals surface area contributed by atoms with Crippen LogP contribution in [0.2, 0.25) is 0 Å². The van der Waals surface area contributed by atoms with Crippen LogP contribution in [0.4, 0.5) is 17.3 Å². The number of aromatic nitrogens is 5. The van der Waals surface area contributed by atoms with Gasteiger partial charge in [-0.3, -0.25) is 9.48 Å². The van der Waals surface area contributed by atoms with E-state index in [1.165, 1.54) is 22.5 Å². The number of benzene rings is 2. The summed E-state index contributed by atoms with van der Waals surface area (Å²) < 4.78 is 10.3. The van der Waals surface area contributed by atoms with Crippen LogP contribution in [0.25, 0.3) is 33.3 Å². The van der Waals surface area contributed by atoms with Crippen molar-refractivity contribution in [3.63, 3.8) is 0 Å². The van der Waals surface area contributed by atoms with Crippen molar-refractivity contribution >= 4 is 34.0 Å². The zero-order chi connectivity index (χ0) is 35.7. The third kappa shape index (κ3) is 6.67. The normalized spacial score (nSPS) is 13.1. The molecule has 50 heavy (non-hydrogen) atoms. The van der Waals surface area contributed by atoms with E-state index in [0.29, 0.717) is 23.0 Å². The molecule has 0 spiro atoms. The summed E-state index contributed by atoms with van der Waals surface area (Å²) in [6, 6.07) is 10.8. The van der Waals surface area contributed by atoms with Gasteiger partial charge in [-0.15, -0.1) is 0 Å². The maximum absolute atomic E-state index is 12.7. The van der Waals surface area contributed by atoms with Crippen molar-refractivity contribution in [1.82, 2.24) is 29.2 Å². The van der Waals surface area contributed by atoms with E-state index in [2.05, 4.69) is 96.5 Å². The van der Waals surface area contributed by atoms with Crippen molar-refractivity contribution in [3.05, 3.63) is 91.1 Å². The van der Waals surface area contributed by atoms with E-state index in [1.54, 1.807) is 7.11 Å². The summed E-state index contributed by atoms with van der Waals surface area (Å²) in [4.78, 5) is 27.1. The first-order chi connectivity index (χ1) is 24.0. The molecule has 1 N–H and O–H groups in total. The van der Waals surface area contributed by atoms with Crippen molar-refractivity contribution in [2.75, 3.05) is 51.6 Å². The molecule has 1 atom stereocenters. The maximum atomic E-state index is 12.7. The number of aryl methyl sites for hydroxylation is 2. The number of ether oxygens (including phenoxy) is 1. The Labute approximate surface area is 295 Å². The Morgan fingerprint density at radius 3 is 2.60 bits per heavy atom. The first-order valence-electron chi connectivity index (χ1n) is 17.2. The highest BCUT2D eigenvalue weighted by atomic mass is 16.5. The molecule has 1 aliphatic heterocycles. The second-order valence-electron chi connectivity index (χ2n) is 13.7. The molecule has 0 bridgehead atoms. The minimum Gasteiger partial charge on any atom is -0.494 e. The second-order valence-corrected chi connectivity index (χ2v) is 13.7. The second kappa shape index (κ2) is 14.3. The number of anilines is 3. The number of nitrogens with zero attached hydrogens (tertiary/aromatic N) is 7. The largest absolute Gasteiger partial charge is 0.494 e. The van der Waals surface area contributed by atoms with Crippen LogP contribution < -0.4 is 15.0 Å². The van der Waals surface area contributed by atoms with Crippen molar-refractivity contribution in [2.45, 2.75) is 52.1 Å². The number of hydrogen-bond donors (Lipinski definition) is 1. The summed E-state index contributed by atoms with van der Waals surface area (Å²) in [7, 11) is 7.81. The summed E-state index contributed by atoms with van der Waals surface area (Å²) in [5, 5.41) is 9.29. The van der Waals surface area contributed by atoms with Gasteiger partial charge >= 0.3 is 0 Å². The van der Waals surface area contributed by atoms with Crippen LogP contribution in [-0.2, 0) is 17.8 Å². The quantitative estimate of drug-likeness (QED) is 0.120. The van der Waals surface area contributed by atoms with Gasteiger partial charge in [-0.2, -0.15) is 5.10 Å². The number of carbonyl (C=O) groups excluding carboxylic acids is 1. The van der Waals surface area contributed by atoms with Crippen LogP contribution in [0.3, 0.4) is 0 Å².